The first-order chi connectivity index (χ1) is 11.6. The minimum absolute atomic E-state index is 0.107. The molecule has 2 aromatic carbocycles. The number of hydrogen-bond acceptors (Lipinski definition) is 4. The Morgan fingerprint density at radius 2 is 2.04 bits per heavy atom. The van der Waals surface area contributed by atoms with Crippen LogP contribution in [0.15, 0.2) is 53.6 Å². The lowest BCUT2D eigenvalue weighted by Gasteiger charge is -2.02. The monoisotopic (exact) mass is 339 g/mol. The first-order valence-electron chi connectivity index (χ1n) is 6.93. The molecule has 0 unspecified atom stereocenters. The van der Waals surface area contributed by atoms with Crippen LogP contribution in [0, 0.1) is 22.0 Å². The van der Waals surface area contributed by atoms with Crippen LogP contribution in [0.2, 0.25) is 5.02 Å². The van der Waals surface area contributed by atoms with E-state index in [4.69, 9.17) is 11.6 Å². The number of nitrogens with zero attached hydrogens (tertiary/aromatic N) is 3. The van der Waals surface area contributed by atoms with Crippen LogP contribution in [0.25, 0.3) is 10.9 Å². The first-order valence-corrected chi connectivity index (χ1v) is 7.31. The number of rotatable bonds is 2. The van der Waals surface area contributed by atoms with Crippen molar-refractivity contribution in [2.24, 2.45) is 0 Å². The Bertz CT molecular complexity index is 1060. The summed E-state index contributed by atoms with van der Waals surface area (Å²) in [6.07, 6.45) is 1.37. The summed E-state index contributed by atoms with van der Waals surface area (Å²) in [5.74, 6) is 5.74. The van der Waals surface area contributed by atoms with Gasteiger partial charge in [0, 0.05) is 17.7 Å². The number of benzene rings is 2. The second-order valence-electron chi connectivity index (χ2n) is 4.92. The summed E-state index contributed by atoms with van der Waals surface area (Å²) in [4.78, 5) is 26.8. The second kappa shape index (κ2) is 6.52. The topological polar surface area (TPSA) is 78.0 Å². The molecule has 0 spiro atoms. The van der Waals surface area contributed by atoms with Crippen molar-refractivity contribution in [3.8, 4) is 11.8 Å². The lowest BCUT2D eigenvalue weighted by Crippen LogP contribution is -2.20. The molecule has 0 N–H and O–H groups in total. The molecule has 0 radical (unpaired) electrons. The Morgan fingerprint density at radius 1 is 1.25 bits per heavy atom. The van der Waals surface area contributed by atoms with Crippen LogP contribution in [0.3, 0.4) is 0 Å². The standard InChI is InChI=1S/C17H10ClN3O3/c18-15-6-2-1-4-12(15)5-3-9-20-11-19-16-8-7-13(21(23)24)10-14(16)17(20)22/h1-2,4,6-8,10-11H,9H2. The quantitative estimate of drug-likeness (QED) is 0.408. The van der Waals surface area contributed by atoms with Gasteiger partial charge in [0.1, 0.15) is 0 Å². The van der Waals surface area contributed by atoms with E-state index in [-0.39, 0.29) is 23.2 Å². The minimum atomic E-state index is -0.548. The van der Waals surface area contributed by atoms with Gasteiger partial charge in [-0.25, -0.2) is 4.98 Å². The van der Waals surface area contributed by atoms with Gasteiger partial charge in [-0.15, -0.1) is 0 Å². The number of hydrogen-bond donors (Lipinski definition) is 0. The van der Waals surface area contributed by atoms with Crippen LogP contribution in [0.4, 0.5) is 5.69 Å². The Hall–Kier alpha value is -3.17. The number of halogens is 1. The maximum absolute atomic E-state index is 12.4. The molecule has 0 aliphatic heterocycles. The van der Waals surface area contributed by atoms with E-state index >= 15 is 0 Å². The van der Waals surface area contributed by atoms with E-state index in [1.807, 2.05) is 6.07 Å². The Balaban J connectivity index is 1.96. The Kier molecular flexibility index (Phi) is 4.27. The largest absolute Gasteiger partial charge is 0.287 e. The maximum atomic E-state index is 12.4. The fourth-order valence-electron chi connectivity index (χ4n) is 2.16. The molecule has 1 heterocycles. The van der Waals surface area contributed by atoms with Gasteiger partial charge in [-0.3, -0.25) is 19.5 Å². The van der Waals surface area contributed by atoms with E-state index in [0.717, 1.165) is 0 Å². The van der Waals surface area contributed by atoms with Crippen molar-refractivity contribution < 1.29 is 4.92 Å². The highest BCUT2D eigenvalue weighted by Crippen LogP contribution is 2.16. The zero-order chi connectivity index (χ0) is 17.1. The third-order valence-corrected chi connectivity index (χ3v) is 3.69. The summed E-state index contributed by atoms with van der Waals surface area (Å²) in [7, 11) is 0. The molecule has 0 atom stereocenters. The summed E-state index contributed by atoms with van der Waals surface area (Å²) in [6, 6.07) is 11.1. The van der Waals surface area contributed by atoms with E-state index in [0.29, 0.717) is 16.1 Å². The second-order valence-corrected chi connectivity index (χ2v) is 5.33. The van der Waals surface area contributed by atoms with Gasteiger partial charge in [0.05, 0.1) is 33.7 Å². The van der Waals surface area contributed by atoms with Crippen LogP contribution in [0.5, 0.6) is 0 Å². The molecule has 0 amide bonds. The van der Waals surface area contributed by atoms with Gasteiger partial charge in [0.25, 0.3) is 11.2 Å². The maximum Gasteiger partial charge on any atom is 0.270 e. The van der Waals surface area contributed by atoms with E-state index < -0.39 is 4.92 Å². The lowest BCUT2D eigenvalue weighted by molar-refractivity contribution is -0.384. The predicted octanol–water partition coefficient (Wildman–Crippen LogP) is 3.01. The summed E-state index contributed by atoms with van der Waals surface area (Å²) >= 11 is 6.02. The van der Waals surface area contributed by atoms with Crippen molar-refractivity contribution in [2.45, 2.75) is 6.54 Å². The van der Waals surface area contributed by atoms with Crippen LogP contribution in [-0.2, 0) is 6.54 Å². The van der Waals surface area contributed by atoms with Crippen molar-refractivity contribution in [2.75, 3.05) is 0 Å². The van der Waals surface area contributed by atoms with E-state index in [2.05, 4.69) is 16.8 Å². The molecular formula is C17H10ClN3O3. The molecule has 6 nitrogen and oxygen atoms in total. The minimum Gasteiger partial charge on any atom is -0.287 e. The highest BCUT2D eigenvalue weighted by atomic mass is 35.5. The zero-order valence-corrected chi connectivity index (χ0v) is 13.0. The molecule has 1 aromatic heterocycles. The summed E-state index contributed by atoms with van der Waals surface area (Å²) in [5.41, 5.74) is 0.538. The third kappa shape index (κ3) is 3.12. The van der Waals surface area contributed by atoms with Crippen molar-refractivity contribution in [3.63, 3.8) is 0 Å². The lowest BCUT2D eigenvalue weighted by atomic mass is 10.2. The molecule has 0 saturated heterocycles. The molecule has 118 valence electrons. The normalized spacial score (nSPS) is 10.2. The van der Waals surface area contributed by atoms with Gasteiger partial charge in [0.2, 0.25) is 0 Å². The molecule has 3 rings (SSSR count). The van der Waals surface area contributed by atoms with Gasteiger partial charge >= 0.3 is 0 Å². The summed E-state index contributed by atoms with van der Waals surface area (Å²) < 4.78 is 1.30. The fourth-order valence-corrected chi connectivity index (χ4v) is 2.34. The van der Waals surface area contributed by atoms with Crippen molar-refractivity contribution in [1.82, 2.24) is 9.55 Å². The van der Waals surface area contributed by atoms with Crippen LogP contribution >= 0.6 is 11.6 Å². The number of fused-ring (bicyclic) bond motifs is 1. The summed E-state index contributed by atoms with van der Waals surface area (Å²) in [6.45, 7) is 0.107. The Morgan fingerprint density at radius 3 is 2.79 bits per heavy atom. The SMILES string of the molecule is O=c1c2cc([N+](=O)[O-])ccc2ncn1CC#Cc1ccccc1Cl. The van der Waals surface area contributed by atoms with Crippen LogP contribution < -0.4 is 5.56 Å². The number of aromatic nitrogens is 2. The molecule has 3 aromatic rings. The zero-order valence-electron chi connectivity index (χ0n) is 12.3. The smallest absolute Gasteiger partial charge is 0.270 e. The predicted molar refractivity (Wildman–Crippen MR) is 91.0 cm³/mol. The van der Waals surface area contributed by atoms with Gasteiger partial charge in [-0.1, -0.05) is 35.6 Å². The highest BCUT2D eigenvalue weighted by molar-refractivity contribution is 6.31. The van der Waals surface area contributed by atoms with Crippen LogP contribution in [0.1, 0.15) is 5.56 Å². The van der Waals surface area contributed by atoms with Gasteiger partial charge in [0.15, 0.2) is 0 Å². The number of nitro benzene ring substituents is 1. The molecule has 0 bridgehead atoms. The molecule has 0 saturated carbocycles. The van der Waals surface area contributed by atoms with Gasteiger partial charge in [-0.05, 0) is 18.2 Å². The van der Waals surface area contributed by atoms with E-state index in [1.165, 1.54) is 29.1 Å². The van der Waals surface area contributed by atoms with Crippen molar-refractivity contribution in [3.05, 3.63) is 79.8 Å². The first kappa shape index (κ1) is 15.7. The van der Waals surface area contributed by atoms with E-state index in [9.17, 15) is 14.9 Å². The third-order valence-electron chi connectivity index (χ3n) is 3.36. The molecule has 7 heteroatoms. The molecule has 0 aliphatic carbocycles. The average Bonchev–Trinajstić information content (AvgIpc) is 2.58. The Labute approximate surface area is 141 Å². The number of non-ortho nitro benzene ring substituents is 1. The molecular weight excluding hydrogens is 330 g/mol. The van der Waals surface area contributed by atoms with Crippen molar-refractivity contribution in [1.29, 1.82) is 0 Å². The number of nitro groups is 1. The van der Waals surface area contributed by atoms with Gasteiger partial charge < -0.3 is 0 Å². The summed E-state index contributed by atoms with van der Waals surface area (Å²) in [5, 5.41) is 11.6. The van der Waals surface area contributed by atoms with Crippen LogP contribution in [-0.4, -0.2) is 14.5 Å². The highest BCUT2D eigenvalue weighted by Gasteiger charge is 2.10. The average molecular weight is 340 g/mol. The van der Waals surface area contributed by atoms with Gasteiger partial charge in [-0.2, -0.15) is 0 Å². The molecule has 24 heavy (non-hydrogen) atoms. The molecule has 0 fully saturated rings. The van der Waals surface area contributed by atoms with E-state index in [1.54, 1.807) is 18.2 Å². The van der Waals surface area contributed by atoms with Crippen molar-refractivity contribution >= 4 is 28.2 Å². The fraction of sp³-hybridized carbons (Fsp3) is 0.0588. The molecule has 0 aliphatic rings.